The number of benzene rings is 2. The Balaban J connectivity index is 2.30. The van der Waals surface area contributed by atoms with Crippen molar-refractivity contribution >= 4 is 11.7 Å². The molecule has 24 heavy (non-hydrogen) atoms. The molecule has 0 N–H and O–H groups in total. The monoisotopic (exact) mass is 323 g/mol. The maximum atomic E-state index is 12.9. The van der Waals surface area contributed by atoms with E-state index >= 15 is 0 Å². The van der Waals surface area contributed by atoms with Gasteiger partial charge in [-0.2, -0.15) is 0 Å². The van der Waals surface area contributed by atoms with Crippen molar-refractivity contribution in [3.8, 4) is 0 Å². The standard InChI is InChI=1S/C21H25NO2/c1-16(17-11-7-5-8-12-17)22(20(24)21(2,3)4)15-19(23)18-13-9-6-10-14-18/h5-14,16H,15H2,1-4H3. The molecular weight excluding hydrogens is 298 g/mol. The van der Waals surface area contributed by atoms with Gasteiger partial charge in [-0.25, -0.2) is 0 Å². The second kappa shape index (κ2) is 7.43. The number of hydrogen-bond acceptors (Lipinski definition) is 2. The van der Waals surface area contributed by atoms with Crippen LogP contribution in [0.2, 0.25) is 0 Å². The molecule has 2 aromatic rings. The van der Waals surface area contributed by atoms with Crippen molar-refractivity contribution in [3.05, 3.63) is 71.8 Å². The van der Waals surface area contributed by atoms with Gasteiger partial charge in [0.1, 0.15) is 0 Å². The van der Waals surface area contributed by atoms with Crippen LogP contribution in [0.1, 0.15) is 49.7 Å². The zero-order valence-corrected chi connectivity index (χ0v) is 14.8. The molecule has 0 fully saturated rings. The average molecular weight is 323 g/mol. The molecule has 1 unspecified atom stereocenters. The normalized spacial score (nSPS) is 12.5. The lowest BCUT2D eigenvalue weighted by molar-refractivity contribution is -0.141. The Labute approximate surface area is 144 Å². The molecular formula is C21H25NO2. The van der Waals surface area contributed by atoms with Crippen LogP contribution in [-0.2, 0) is 4.79 Å². The Morgan fingerprint density at radius 1 is 0.917 bits per heavy atom. The average Bonchev–Trinajstić information content (AvgIpc) is 2.59. The first kappa shape index (κ1) is 17.9. The molecule has 0 saturated heterocycles. The van der Waals surface area contributed by atoms with E-state index in [1.54, 1.807) is 17.0 Å². The number of ketones is 1. The van der Waals surface area contributed by atoms with Crippen molar-refractivity contribution in [2.75, 3.05) is 6.54 Å². The van der Waals surface area contributed by atoms with Crippen molar-refractivity contribution in [2.45, 2.75) is 33.7 Å². The lowest BCUT2D eigenvalue weighted by Gasteiger charge is -2.34. The largest absolute Gasteiger partial charge is 0.328 e. The highest BCUT2D eigenvalue weighted by atomic mass is 16.2. The van der Waals surface area contributed by atoms with E-state index in [0.717, 1.165) is 5.56 Å². The third kappa shape index (κ3) is 4.31. The fourth-order valence-electron chi connectivity index (χ4n) is 2.60. The molecule has 3 nitrogen and oxygen atoms in total. The van der Waals surface area contributed by atoms with E-state index in [0.29, 0.717) is 5.56 Å². The lowest BCUT2D eigenvalue weighted by atomic mass is 9.92. The highest BCUT2D eigenvalue weighted by Crippen LogP contribution is 2.27. The molecule has 0 aromatic heterocycles. The zero-order chi connectivity index (χ0) is 17.7. The highest BCUT2D eigenvalue weighted by Gasteiger charge is 2.32. The van der Waals surface area contributed by atoms with E-state index in [1.807, 2.05) is 76.2 Å². The molecule has 0 aliphatic heterocycles. The number of carbonyl (C=O) groups excluding carboxylic acids is 2. The molecule has 1 amide bonds. The summed E-state index contributed by atoms with van der Waals surface area (Å²) in [5, 5.41) is 0. The van der Waals surface area contributed by atoms with Crippen LogP contribution in [0.3, 0.4) is 0 Å². The molecule has 1 atom stereocenters. The fraction of sp³-hybridized carbons (Fsp3) is 0.333. The third-order valence-electron chi connectivity index (χ3n) is 4.06. The molecule has 0 aliphatic rings. The van der Waals surface area contributed by atoms with Crippen LogP contribution in [0, 0.1) is 5.41 Å². The van der Waals surface area contributed by atoms with Crippen LogP contribution in [-0.4, -0.2) is 23.1 Å². The van der Waals surface area contributed by atoms with Crippen LogP contribution in [0.15, 0.2) is 60.7 Å². The second-order valence-corrected chi connectivity index (χ2v) is 7.06. The zero-order valence-electron chi connectivity index (χ0n) is 14.8. The first-order valence-electron chi connectivity index (χ1n) is 8.25. The van der Waals surface area contributed by atoms with Crippen molar-refractivity contribution in [1.82, 2.24) is 4.90 Å². The summed E-state index contributed by atoms with van der Waals surface area (Å²) in [7, 11) is 0. The summed E-state index contributed by atoms with van der Waals surface area (Å²) >= 11 is 0. The molecule has 2 aromatic carbocycles. The highest BCUT2D eigenvalue weighted by molar-refractivity contribution is 5.99. The second-order valence-electron chi connectivity index (χ2n) is 7.06. The summed E-state index contributed by atoms with van der Waals surface area (Å²) in [6.07, 6.45) is 0. The number of amides is 1. The van der Waals surface area contributed by atoms with E-state index in [2.05, 4.69) is 0 Å². The fourth-order valence-corrected chi connectivity index (χ4v) is 2.60. The van der Waals surface area contributed by atoms with Gasteiger partial charge in [0.15, 0.2) is 5.78 Å². The van der Waals surface area contributed by atoms with Gasteiger partial charge in [0.25, 0.3) is 0 Å². The minimum absolute atomic E-state index is 0.0249. The molecule has 2 rings (SSSR count). The molecule has 126 valence electrons. The maximum absolute atomic E-state index is 12.9. The molecule has 0 aliphatic carbocycles. The Hall–Kier alpha value is -2.42. The number of Topliss-reactive ketones (excluding diaryl/α,β-unsaturated/α-hetero) is 1. The van der Waals surface area contributed by atoms with E-state index < -0.39 is 5.41 Å². The van der Waals surface area contributed by atoms with Gasteiger partial charge in [0.05, 0.1) is 12.6 Å². The van der Waals surface area contributed by atoms with Crippen molar-refractivity contribution in [1.29, 1.82) is 0 Å². The Morgan fingerprint density at radius 2 is 1.42 bits per heavy atom. The quantitative estimate of drug-likeness (QED) is 0.759. The van der Waals surface area contributed by atoms with Crippen LogP contribution >= 0.6 is 0 Å². The van der Waals surface area contributed by atoms with Gasteiger partial charge in [0, 0.05) is 11.0 Å². The Bertz CT molecular complexity index is 687. The lowest BCUT2D eigenvalue weighted by Crippen LogP contribution is -2.43. The molecule has 0 heterocycles. The molecule has 3 heteroatoms. The van der Waals surface area contributed by atoms with E-state index in [1.165, 1.54) is 0 Å². The predicted octanol–water partition coefficient (Wildman–Crippen LogP) is 4.51. The molecule has 0 spiro atoms. The number of carbonyl (C=O) groups is 2. The van der Waals surface area contributed by atoms with Crippen molar-refractivity contribution < 1.29 is 9.59 Å². The number of nitrogens with zero attached hydrogens (tertiary/aromatic N) is 1. The number of rotatable bonds is 5. The van der Waals surface area contributed by atoms with Gasteiger partial charge >= 0.3 is 0 Å². The third-order valence-corrected chi connectivity index (χ3v) is 4.06. The summed E-state index contributed by atoms with van der Waals surface area (Å²) in [6, 6.07) is 18.8. The number of hydrogen-bond donors (Lipinski definition) is 0. The van der Waals surface area contributed by atoms with Crippen LogP contribution in [0.5, 0.6) is 0 Å². The summed E-state index contributed by atoms with van der Waals surface area (Å²) in [5.41, 5.74) is 1.11. The van der Waals surface area contributed by atoms with Crippen LogP contribution < -0.4 is 0 Å². The van der Waals surface area contributed by atoms with Crippen LogP contribution in [0.25, 0.3) is 0 Å². The molecule has 0 radical (unpaired) electrons. The SMILES string of the molecule is CC(c1ccccc1)N(CC(=O)c1ccccc1)C(=O)C(C)(C)C. The first-order chi connectivity index (χ1) is 11.3. The van der Waals surface area contributed by atoms with Crippen molar-refractivity contribution in [3.63, 3.8) is 0 Å². The smallest absolute Gasteiger partial charge is 0.228 e. The van der Waals surface area contributed by atoms with Gasteiger partial charge in [-0.15, -0.1) is 0 Å². The maximum Gasteiger partial charge on any atom is 0.228 e. The summed E-state index contributed by atoms with van der Waals surface area (Å²) in [5.74, 6) is -0.0703. The van der Waals surface area contributed by atoms with E-state index in [-0.39, 0.29) is 24.3 Å². The van der Waals surface area contributed by atoms with Crippen LogP contribution in [0.4, 0.5) is 0 Å². The topological polar surface area (TPSA) is 37.4 Å². The molecule has 0 bridgehead atoms. The van der Waals surface area contributed by atoms with Gasteiger partial charge < -0.3 is 4.90 Å². The Kier molecular flexibility index (Phi) is 5.55. The minimum atomic E-state index is -0.542. The Morgan fingerprint density at radius 3 is 1.92 bits per heavy atom. The van der Waals surface area contributed by atoms with Gasteiger partial charge in [0.2, 0.25) is 5.91 Å². The summed E-state index contributed by atoms with van der Waals surface area (Å²) < 4.78 is 0. The van der Waals surface area contributed by atoms with Gasteiger partial charge in [-0.05, 0) is 12.5 Å². The van der Waals surface area contributed by atoms with Gasteiger partial charge in [-0.1, -0.05) is 81.4 Å². The van der Waals surface area contributed by atoms with E-state index in [4.69, 9.17) is 0 Å². The van der Waals surface area contributed by atoms with Gasteiger partial charge in [-0.3, -0.25) is 9.59 Å². The first-order valence-corrected chi connectivity index (χ1v) is 8.25. The molecule has 0 saturated carbocycles. The predicted molar refractivity (Wildman–Crippen MR) is 96.8 cm³/mol. The summed E-state index contributed by atoms with van der Waals surface area (Å²) in [4.78, 5) is 27.2. The minimum Gasteiger partial charge on any atom is -0.328 e. The van der Waals surface area contributed by atoms with E-state index in [9.17, 15) is 9.59 Å². The van der Waals surface area contributed by atoms with Crippen molar-refractivity contribution in [2.24, 2.45) is 5.41 Å². The summed E-state index contributed by atoms with van der Waals surface area (Å²) in [6.45, 7) is 7.69.